The smallest absolute Gasteiger partial charge is 0.0782 e. The first-order valence-electron chi connectivity index (χ1n) is 12.1. The van der Waals surface area contributed by atoms with Crippen LogP contribution < -0.4 is 5.11 Å². The third kappa shape index (κ3) is 19.7. The minimum atomic E-state index is 0.0718. The number of para-hydroxylation sites is 1. The highest BCUT2D eigenvalue weighted by Gasteiger charge is 2.09. The fourth-order valence-corrected chi connectivity index (χ4v) is 3.31. The van der Waals surface area contributed by atoms with Crippen LogP contribution in [0.1, 0.15) is 104 Å². The summed E-state index contributed by atoms with van der Waals surface area (Å²) in [6.45, 7) is 7.21. The summed E-state index contributed by atoms with van der Waals surface area (Å²) >= 11 is 0. The zero-order chi connectivity index (χ0) is 20.9. The van der Waals surface area contributed by atoms with Gasteiger partial charge in [-0.1, -0.05) is 114 Å². The lowest BCUT2D eigenvalue weighted by atomic mass is 10.0. The molecule has 1 aromatic carbocycles. The van der Waals surface area contributed by atoms with Crippen molar-refractivity contribution >= 4 is 0 Å². The molecular formula is C26H49NO. The van der Waals surface area contributed by atoms with Crippen LogP contribution in [0, 0.1) is 0 Å². The maximum atomic E-state index is 10.3. The van der Waals surface area contributed by atoms with Crippen molar-refractivity contribution in [1.29, 1.82) is 0 Å². The minimum Gasteiger partial charge on any atom is -0.872 e. The minimum absolute atomic E-state index is 0.0718. The van der Waals surface area contributed by atoms with Crippen LogP contribution in [0.2, 0.25) is 0 Å². The average Bonchev–Trinajstić information content (AvgIpc) is 2.69. The normalized spacial score (nSPS) is 11.1. The fourth-order valence-electron chi connectivity index (χ4n) is 3.31. The summed E-state index contributed by atoms with van der Waals surface area (Å²) in [6.07, 6.45) is 20.4. The molecule has 0 bridgehead atoms. The van der Waals surface area contributed by atoms with Crippen molar-refractivity contribution in [3.05, 3.63) is 30.3 Å². The Hall–Kier alpha value is -1.02. The third-order valence-electron chi connectivity index (χ3n) is 5.72. The lowest BCUT2D eigenvalue weighted by Crippen LogP contribution is -2.39. The fraction of sp³-hybridized carbons (Fsp3) is 0.769. The summed E-state index contributed by atoms with van der Waals surface area (Å²) < 4.78 is 1.19. The molecule has 0 aromatic heterocycles. The molecule has 0 heterocycles. The summed E-state index contributed by atoms with van der Waals surface area (Å²) in [5, 5.41) is 10.3. The van der Waals surface area contributed by atoms with E-state index in [1.807, 2.05) is 6.07 Å². The predicted molar refractivity (Wildman–Crippen MR) is 124 cm³/mol. The Labute approximate surface area is 177 Å². The molecule has 0 fully saturated rings. The topological polar surface area (TPSA) is 23.1 Å². The molecule has 1 rings (SSSR count). The van der Waals surface area contributed by atoms with Gasteiger partial charge < -0.3 is 9.59 Å². The quantitative estimate of drug-likeness (QED) is 0.214. The number of rotatable bonds is 16. The molecule has 0 aliphatic heterocycles. The molecule has 2 heteroatoms. The first-order chi connectivity index (χ1) is 13.5. The van der Waals surface area contributed by atoms with E-state index in [9.17, 15) is 5.11 Å². The van der Waals surface area contributed by atoms with Gasteiger partial charge in [0.05, 0.1) is 27.2 Å². The van der Waals surface area contributed by atoms with Crippen molar-refractivity contribution < 1.29 is 9.59 Å². The molecular weight excluding hydrogens is 342 g/mol. The molecule has 1 aromatic rings. The van der Waals surface area contributed by atoms with Crippen molar-refractivity contribution in [2.75, 3.05) is 27.2 Å². The number of nitrogens with zero attached hydrogens (tertiary/aromatic N) is 1. The zero-order valence-corrected chi connectivity index (χ0v) is 19.6. The van der Waals surface area contributed by atoms with Gasteiger partial charge >= 0.3 is 0 Å². The van der Waals surface area contributed by atoms with Gasteiger partial charge in [-0.25, -0.2) is 0 Å². The highest BCUT2D eigenvalue weighted by atomic mass is 16.3. The van der Waals surface area contributed by atoms with Crippen molar-refractivity contribution in [3.63, 3.8) is 0 Å². The van der Waals surface area contributed by atoms with Crippen LogP contribution in [-0.4, -0.2) is 31.7 Å². The number of benzene rings is 1. The van der Waals surface area contributed by atoms with E-state index in [0.29, 0.717) is 0 Å². The molecule has 0 amide bonds. The van der Waals surface area contributed by atoms with E-state index in [-0.39, 0.29) is 5.75 Å². The molecule has 0 radical (unpaired) electrons. The highest BCUT2D eigenvalue weighted by Crippen LogP contribution is 2.13. The Morgan fingerprint density at radius 2 is 1.00 bits per heavy atom. The molecule has 0 N–H and O–H groups in total. The Morgan fingerprint density at radius 3 is 1.32 bits per heavy atom. The van der Waals surface area contributed by atoms with Gasteiger partial charge in [-0.05, 0) is 19.8 Å². The SMILES string of the molecule is CCCCCCCCCCCCCCCC[N+](C)(C)CC.[O-]c1ccccc1. The summed E-state index contributed by atoms with van der Waals surface area (Å²) in [5.74, 6) is 0.0718. The van der Waals surface area contributed by atoms with Gasteiger partial charge in [-0.3, -0.25) is 0 Å². The largest absolute Gasteiger partial charge is 0.872 e. The van der Waals surface area contributed by atoms with Gasteiger partial charge in [-0.15, -0.1) is 5.75 Å². The van der Waals surface area contributed by atoms with Crippen LogP contribution in [0.3, 0.4) is 0 Å². The van der Waals surface area contributed by atoms with Gasteiger partial charge in [0.2, 0.25) is 0 Å². The summed E-state index contributed by atoms with van der Waals surface area (Å²) in [5.41, 5.74) is 0. The number of quaternary nitrogens is 1. The monoisotopic (exact) mass is 391 g/mol. The second-order valence-electron chi connectivity index (χ2n) is 8.88. The molecule has 0 unspecified atom stereocenters. The van der Waals surface area contributed by atoms with Crippen LogP contribution in [0.5, 0.6) is 5.75 Å². The molecule has 164 valence electrons. The second kappa shape index (κ2) is 19.3. The second-order valence-corrected chi connectivity index (χ2v) is 8.88. The summed E-state index contributed by atoms with van der Waals surface area (Å²) in [7, 11) is 4.70. The van der Waals surface area contributed by atoms with E-state index >= 15 is 0 Å². The zero-order valence-electron chi connectivity index (χ0n) is 19.6. The maximum Gasteiger partial charge on any atom is 0.0782 e. The standard InChI is InChI=1S/C20H44N.C6H6O/c1-5-7-8-9-10-11-12-13-14-15-16-17-18-19-20-21(3,4)6-2;7-6-4-2-1-3-5-6/h5-20H2,1-4H3;1-5,7H/q+1;/p-1. The molecule has 0 saturated carbocycles. The molecule has 0 aliphatic carbocycles. The average molecular weight is 392 g/mol. The van der Waals surface area contributed by atoms with Crippen LogP contribution in [-0.2, 0) is 0 Å². The number of hydrogen-bond donors (Lipinski definition) is 0. The number of hydrogen-bond acceptors (Lipinski definition) is 1. The Kier molecular flexibility index (Phi) is 18.6. The first-order valence-corrected chi connectivity index (χ1v) is 12.1. The maximum absolute atomic E-state index is 10.3. The van der Waals surface area contributed by atoms with E-state index in [4.69, 9.17) is 0 Å². The van der Waals surface area contributed by atoms with Gasteiger partial charge in [0.1, 0.15) is 0 Å². The molecule has 0 spiro atoms. The van der Waals surface area contributed by atoms with Crippen molar-refractivity contribution in [2.45, 2.75) is 104 Å². The van der Waals surface area contributed by atoms with E-state index in [1.165, 1.54) is 120 Å². The van der Waals surface area contributed by atoms with Gasteiger partial charge in [0, 0.05) is 0 Å². The molecule has 0 atom stereocenters. The van der Waals surface area contributed by atoms with Gasteiger partial charge in [0.15, 0.2) is 0 Å². The van der Waals surface area contributed by atoms with Crippen molar-refractivity contribution in [2.24, 2.45) is 0 Å². The molecule has 0 aliphatic rings. The Balaban J connectivity index is 0.000000861. The third-order valence-corrected chi connectivity index (χ3v) is 5.72. The van der Waals surface area contributed by atoms with Crippen molar-refractivity contribution in [3.8, 4) is 5.75 Å². The summed E-state index contributed by atoms with van der Waals surface area (Å²) in [6, 6.07) is 8.33. The van der Waals surface area contributed by atoms with Gasteiger partial charge in [0.25, 0.3) is 0 Å². The van der Waals surface area contributed by atoms with Crippen LogP contribution >= 0.6 is 0 Å². The molecule has 0 saturated heterocycles. The van der Waals surface area contributed by atoms with E-state index in [0.717, 1.165) is 0 Å². The lowest BCUT2D eigenvalue weighted by Gasteiger charge is -2.28. The van der Waals surface area contributed by atoms with Crippen LogP contribution in [0.15, 0.2) is 30.3 Å². The Bertz CT molecular complexity index is 416. The lowest BCUT2D eigenvalue weighted by molar-refractivity contribution is -0.888. The Morgan fingerprint density at radius 1 is 0.607 bits per heavy atom. The molecule has 2 nitrogen and oxygen atoms in total. The number of unbranched alkanes of at least 4 members (excludes halogenated alkanes) is 13. The van der Waals surface area contributed by atoms with E-state index < -0.39 is 0 Å². The van der Waals surface area contributed by atoms with E-state index in [1.54, 1.807) is 12.1 Å². The van der Waals surface area contributed by atoms with Crippen LogP contribution in [0.4, 0.5) is 0 Å². The summed E-state index contributed by atoms with van der Waals surface area (Å²) in [4.78, 5) is 0. The highest BCUT2D eigenvalue weighted by molar-refractivity contribution is 5.17. The van der Waals surface area contributed by atoms with E-state index in [2.05, 4.69) is 27.9 Å². The first kappa shape index (κ1) is 27.0. The van der Waals surface area contributed by atoms with Crippen molar-refractivity contribution in [1.82, 2.24) is 0 Å². The van der Waals surface area contributed by atoms with Gasteiger partial charge in [-0.2, -0.15) is 0 Å². The van der Waals surface area contributed by atoms with Crippen LogP contribution in [0.25, 0.3) is 0 Å². The predicted octanol–water partition coefficient (Wildman–Crippen LogP) is 7.32. The molecule has 28 heavy (non-hydrogen) atoms.